The van der Waals surface area contributed by atoms with Gasteiger partial charge in [0.2, 0.25) is 0 Å². The van der Waals surface area contributed by atoms with Crippen molar-refractivity contribution < 1.29 is 24.3 Å². The molecule has 0 fully saturated rings. The fraction of sp³-hybridized carbons (Fsp3) is 0.524. The molecule has 0 radical (unpaired) electrons. The predicted octanol–water partition coefficient (Wildman–Crippen LogP) is 2.57. The number of quaternary nitrogens is 1. The first-order valence-corrected chi connectivity index (χ1v) is 9.66. The van der Waals surface area contributed by atoms with Gasteiger partial charge in [-0.1, -0.05) is 6.07 Å². The lowest BCUT2D eigenvalue weighted by Crippen LogP contribution is -3.18. The van der Waals surface area contributed by atoms with E-state index in [-0.39, 0.29) is 19.3 Å². The van der Waals surface area contributed by atoms with E-state index in [2.05, 4.69) is 32.7 Å². The number of benzene rings is 1. The summed E-state index contributed by atoms with van der Waals surface area (Å²) in [5, 5.41) is 9.63. The van der Waals surface area contributed by atoms with Gasteiger partial charge in [-0.05, 0) is 51.8 Å². The lowest BCUT2D eigenvalue weighted by Gasteiger charge is -2.27. The van der Waals surface area contributed by atoms with Gasteiger partial charge in [0, 0.05) is 36.4 Å². The second-order valence-electron chi connectivity index (χ2n) is 7.60. The van der Waals surface area contributed by atoms with Gasteiger partial charge in [-0.25, -0.2) is 0 Å². The molecule has 6 heteroatoms. The normalized spacial score (nSPS) is 11.7. The van der Waals surface area contributed by atoms with Crippen LogP contribution in [0.2, 0.25) is 0 Å². The summed E-state index contributed by atoms with van der Waals surface area (Å²) < 4.78 is 5.55. The molecule has 2 rings (SSSR count). The Morgan fingerprint density at radius 1 is 1.15 bits per heavy atom. The van der Waals surface area contributed by atoms with Gasteiger partial charge in [0.05, 0.1) is 18.6 Å². The Hall–Kier alpha value is -2.34. The SMILES string of the molecule is CC(C)[NH+](CCc1c[nH]c2cccc(OC(=O)CCCC(=O)O)c12)C(C)C. The van der Waals surface area contributed by atoms with Crippen molar-refractivity contribution in [1.29, 1.82) is 0 Å². The van der Waals surface area contributed by atoms with Crippen molar-refractivity contribution in [2.45, 2.75) is 65.5 Å². The Morgan fingerprint density at radius 2 is 1.85 bits per heavy atom. The summed E-state index contributed by atoms with van der Waals surface area (Å²) in [6.45, 7) is 9.93. The van der Waals surface area contributed by atoms with Crippen LogP contribution in [-0.4, -0.2) is 40.7 Å². The molecule has 0 aliphatic rings. The van der Waals surface area contributed by atoms with Crippen LogP contribution in [-0.2, 0) is 16.0 Å². The number of H-pyrrole nitrogens is 1. The minimum absolute atomic E-state index is 0.0300. The van der Waals surface area contributed by atoms with Crippen LogP contribution in [0.5, 0.6) is 5.75 Å². The number of carbonyl (C=O) groups is 2. The van der Waals surface area contributed by atoms with E-state index in [9.17, 15) is 9.59 Å². The Kier molecular flexibility index (Phi) is 7.42. The van der Waals surface area contributed by atoms with E-state index in [4.69, 9.17) is 9.84 Å². The minimum Gasteiger partial charge on any atom is -0.481 e. The second-order valence-corrected chi connectivity index (χ2v) is 7.60. The Balaban J connectivity index is 2.13. The number of hydrogen-bond acceptors (Lipinski definition) is 3. The molecule has 0 aliphatic heterocycles. The summed E-state index contributed by atoms with van der Waals surface area (Å²) in [5.74, 6) is -0.757. The fourth-order valence-corrected chi connectivity index (χ4v) is 3.58. The average Bonchev–Trinajstić information content (AvgIpc) is 2.98. The number of rotatable bonds is 10. The maximum atomic E-state index is 12.1. The van der Waals surface area contributed by atoms with Crippen LogP contribution in [0.25, 0.3) is 10.9 Å². The number of aromatic nitrogens is 1. The maximum absolute atomic E-state index is 12.1. The van der Waals surface area contributed by atoms with E-state index in [0.717, 1.165) is 29.4 Å². The highest BCUT2D eigenvalue weighted by Crippen LogP contribution is 2.29. The van der Waals surface area contributed by atoms with Gasteiger partial charge in [0.1, 0.15) is 5.75 Å². The summed E-state index contributed by atoms with van der Waals surface area (Å²) >= 11 is 0. The first-order chi connectivity index (χ1) is 12.8. The fourth-order valence-electron chi connectivity index (χ4n) is 3.58. The van der Waals surface area contributed by atoms with E-state index < -0.39 is 11.9 Å². The number of carboxylic acid groups (broad SMARTS) is 1. The molecule has 1 heterocycles. The van der Waals surface area contributed by atoms with Gasteiger partial charge >= 0.3 is 11.9 Å². The Bertz CT molecular complexity index is 772. The largest absolute Gasteiger partial charge is 0.481 e. The van der Waals surface area contributed by atoms with E-state index in [1.54, 1.807) is 6.07 Å². The average molecular weight is 375 g/mol. The van der Waals surface area contributed by atoms with Crippen LogP contribution in [0.15, 0.2) is 24.4 Å². The van der Waals surface area contributed by atoms with E-state index in [1.807, 2.05) is 18.3 Å². The summed E-state index contributed by atoms with van der Waals surface area (Å²) in [5.41, 5.74) is 2.08. The number of esters is 1. The monoisotopic (exact) mass is 375 g/mol. The molecule has 1 aromatic heterocycles. The molecule has 0 unspecified atom stereocenters. The molecule has 0 saturated carbocycles. The van der Waals surface area contributed by atoms with Crippen LogP contribution in [0.3, 0.4) is 0 Å². The van der Waals surface area contributed by atoms with Crippen LogP contribution in [0, 0.1) is 0 Å². The zero-order valence-electron chi connectivity index (χ0n) is 16.7. The van der Waals surface area contributed by atoms with Gasteiger partial charge in [-0.2, -0.15) is 0 Å². The van der Waals surface area contributed by atoms with E-state index in [1.165, 1.54) is 4.90 Å². The van der Waals surface area contributed by atoms with Crippen molar-refractivity contribution in [3.63, 3.8) is 0 Å². The Labute approximate surface area is 160 Å². The highest BCUT2D eigenvalue weighted by Gasteiger charge is 2.19. The molecule has 0 spiro atoms. The van der Waals surface area contributed by atoms with Crippen molar-refractivity contribution in [3.8, 4) is 5.75 Å². The molecule has 0 atom stereocenters. The molecule has 0 bridgehead atoms. The van der Waals surface area contributed by atoms with Crippen LogP contribution in [0.4, 0.5) is 0 Å². The number of aromatic amines is 1. The summed E-state index contributed by atoms with van der Waals surface area (Å²) in [6, 6.07) is 6.70. The van der Waals surface area contributed by atoms with Crippen LogP contribution in [0.1, 0.15) is 52.5 Å². The molecular weight excluding hydrogens is 344 g/mol. The van der Waals surface area contributed by atoms with Gasteiger partial charge in [0.25, 0.3) is 0 Å². The summed E-state index contributed by atoms with van der Waals surface area (Å²) in [6.07, 6.45) is 3.23. The molecule has 27 heavy (non-hydrogen) atoms. The summed E-state index contributed by atoms with van der Waals surface area (Å²) in [7, 11) is 0. The van der Waals surface area contributed by atoms with Crippen molar-refractivity contribution in [2.75, 3.05) is 6.54 Å². The number of hydrogen-bond donors (Lipinski definition) is 3. The molecule has 2 aromatic rings. The first-order valence-electron chi connectivity index (χ1n) is 9.66. The van der Waals surface area contributed by atoms with Gasteiger partial charge in [-0.15, -0.1) is 0 Å². The minimum atomic E-state index is -0.903. The smallest absolute Gasteiger partial charge is 0.311 e. The molecule has 148 valence electrons. The Morgan fingerprint density at radius 3 is 2.48 bits per heavy atom. The second kappa shape index (κ2) is 9.55. The molecular formula is C21H31N2O4+. The predicted molar refractivity (Wildman–Crippen MR) is 105 cm³/mol. The third kappa shape index (κ3) is 5.82. The molecule has 6 nitrogen and oxygen atoms in total. The number of nitrogens with one attached hydrogen (secondary N) is 2. The molecule has 1 aromatic carbocycles. The van der Waals surface area contributed by atoms with Crippen molar-refractivity contribution in [1.82, 2.24) is 4.98 Å². The third-order valence-electron chi connectivity index (χ3n) is 4.91. The van der Waals surface area contributed by atoms with Crippen molar-refractivity contribution >= 4 is 22.8 Å². The summed E-state index contributed by atoms with van der Waals surface area (Å²) in [4.78, 5) is 27.5. The molecule has 3 N–H and O–H groups in total. The van der Waals surface area contributed by atoms with Gasteiger partial charge in [-0.3, -0.25) is 9.59 Å². The highest BCUT2D eigenvalue weighted by atomic mass is 16.5. The zero-order valence-corrected chi connectivity index (χ0v) is 16.7. The number of fused-ring (bicyclic) bond motifs is 1. The maximum Gasteiger partial charge on any atom is 0.311 e. The lowest BCUT2D eigenvalue weighted by atomic mass is 10.1. The topological polar surface area (TPSA) is 83.8 Å². The van der Waals surface area contributed by atoms with Crippen molar-refractivity contribution in [3.05, 3.63) is 30.0 Å². The zero-order chi connectivity index (χ0) is 20.0. The van der Waals surface area contributed by atoms with E-state index in [0.29, 0.717) is 17.8 Å². The van der Waals surface area contributed by atoms with E-state index >= 15 is 0 Å². The third-order valence-corrected chi connectivity index (χ3v) is 4.91. The van der Waals surface area contributed by atoms with Gasteiger partial charge < -0.3 is 19.7 Å². The molecule has 0 amide bonds. The first kappa shape index (κ1) is 21.0. The van der Waals surface area contributed by atoms with Crippen molar-refractivity contribution in [2.24, 2.45) is 0 Å². The quantitative estimate of drug-likeness (QED) is 0.440. The number of carboxylic acids is 1. The number of ether oxygens (including phenoxy) is 1. The number of carbonyl (C=O) groups excluding carboxylic acids is 1. The lowest BCUT2D eigenvalue weighted by molar-refractivity contribution is -0.942. The van der Waals surface area contributed by atoms with Gasteiger partial charge in [0.15, 0.2) is 0 Å². The van der Waals surface area contributed by atoms with Crippen LogP contribution >= 0.6 is 0 Å². The molecule has 0 aliphatic carbocycles. The standard InChI is InChI=1S/C21H30N2O4/c1-14(2)23(15(3)4)12-11-16-13-22-17-7-5-8-18(21(16)17)27-20(26)10-6-9-19(24)25/h5,7-8,13-15,22H,6,9-12H2,1-4H3,(H,24,25)/p+1. The molecule has 0 saturated heterocycles. The number of aliphatic carboxylic acids is 1. The highest BCUT2D eigenvalue weighted by molar-refractivity contribution is 5.91. The van der Waals surface area contributed by atoms with Crippen LogP contribution < -0.4 is 9.64 Å².